The summed E-state index contributed by atoms with van der Waals surface area (Å²) in [7, 11) is 1.35. The van der Waals surface area contributed by atoms with Crippen LogP contribution in [-0.4, -0.2) is 41.2 Å². The van der Waals surface area contributed by atoms with Crippen LogP contribution in [0.3, 0.4) is 0 Å². The topological polar surface area (TPSA) is 72.6 Å². The van der Waals surface area contributed by atoms with Crippen LogP contribution in [0.4, 0.5) is 0 Å². The molecule has 0 aliphatic rings. The molecular weight excluding hydrogens is 376 g/mol. The Morgan fingerprint density at radius 3 is 2.57 bits per heavy atom. The molecule has 6 nitrogen and oxygen atoms in total. The number of amides is 1. The number of benzene rings is 2. The predicted molar refractivity (Wildman–Crippen MR) is 108 cm³/mol. The minimum atomic E-state index is -0.410. The van der Waals surface area contributed by atoms with E-state index in [9.17, 15) is 9.59 Å². The van der Waals surface area contributed by atoms with Gasteiger partial charge in [-0.05, 0) is 17.7 Å². The summed E-state index contributed by atoms with van der Waals surface area (Å²) in [5, 5.41) is 0.454. The third-order valence-electron chi connectivity index (χ3n) is 4.26. The summed E-state index contributed by atoms with van der Waals surface area (Å²) >= 11 is 1.25. The number of oxazole rings is 1. The molecule has 1 heterocycles. The molecule has 1 atom stereocenters. The summed E-state index contributed by atoms with van der Waals surface area (Å²) in [5.74, 6) is -0.663. The first-order chi connectivity index (χ1) is 13.6. The number of thioether (sulfide) groups is 1. The van der Waals surface area contributed by atoms with Gasteiger partial charge in [-0.1, -0.05) is 61.2 Å². The molecule has 146 valence electrons. The second-order valence-corrected chi connectivity index (χ2v) is 7.35. The van der Waals surface area contributed by atoms with Crippen molar-refractivity contribution in [3.8, 4) is 0 Å². The fraction of sp³-hybridized carbons (Fsp3) is 0.286. The molecule has 0 N–H and O–H groups in total. The van der Waals surface area contributed by atoms with E-state index in [1.165, 1.54) is 18.9 Å². The molecule has 0 saturated heterocycles. The van der Waals surface area contributed by atoms with Gasteiger partial charge in [-0.25, -0.2) is 4.98 Å². The normalized spacial score (nSPS) is 11.9. The number of aromatic nitrogens is 1. The van der Waals surface area contributed by atoms with Crippen molar-refractivity contribution in [3.05, 3.63) is 60.2 Å². The first kappa shape index (κ1) is 19.9. The van der Waals surface area contributed by atoms with Gasteiger partial charge >= 0.3 is 5.97 Å². The number of carbonyl (C=O) groups excluding carboxylic acids is 2. The first-order valence-corrected chi connectivity index (χ1v) is 9.93. The molecule has 7 heteroatoms. The Hall–Kier alpha value is -2.80. The van der Waals surface area contributed by atoms with Crippen molar-refractivity contribution in [2.24, 2.45) is 5.92 Å². The van der Waals surface area contributed by atoms with E-state index in [2.05, 4.69) is 4.98 Å². The van der Waals surface area contributed by atoms with Crippen LogP contribution in [0.5, 0.6) is 0 Å². The Bertz CT molecular complexity index is 909. The molecule has 2 aromatic carbocycles. The van der Waals surface area contributed by atoms with Crippen LogP contribution in [0.15, 0.2) is 64.2 Å². The quantitative estimate of drug-likeness (QED) is 0.425. The molecule has 0 spiro atoms. The maximum atomic E-state index is 12.9. The number of ether oxygens (including phenoxy) is 1. The van der Waals surface area contributed by atoms with Gasteiger partial charge < -0.3 is 14.1 Å². The van der Waals surface area contributed by atoms with Gasteiger partial charge in [-0.3, -0.25) is 9.59 Å². The summed E-state index contributed by atoms with van der Waals surface area (Å²) in [6, 6.07) is 17.2. The van der Waals surface area contributed by atoms with E-state index in [0.29, 0.717) is 17.4 Å². The average Bonchev–Trinajstić information content (AvgIpc) is 3.14. The van der Waals surface area contributed by atoms with Gasteiger partial charge in [0, 0.05) is 13.1 Å². The molecule has 0 bridgehead atoms. The number of fused-ring (bicyclic) bond motifs is 1. The minimum Gasteiger partial charge on any atom is -0.469 e. The zero-order chi connectivity index (χ0) is 19.9. The summed E-state index contributed by atoms with van der Waals surface area (Å²) < 4.78 is 10.5. The van der Waals surface area contributed by atoms with Crippen LogP contribution in [0.1, 0.15) is 12.5 Å². The van der Waals surface area contributed by atoms with Gasteiger partial charge in [0.25, 0.3) is 5.22 Å². The first-order valence-electron chi connectivity index (χ1n) is 8.94. The van der Waals surface area contributed by atoms with E-state index < -0.39 is 5.92 Å². The van der Waals surface area contributed by atoms with E-state index >= 15 is 0 Å². The number of para-hydroxylation sites is 2. The van der Waals surface area contributed by atoms with Crippen LogP contribution in [0.25, 0.3) is 11.1 Å². The molecule has 0 radical (unpaired) electrons. The molecule has 0 aliphatic carbocycles. The summed E-state index contributed by atoms with van der Waals surface area (Å²) in [5.41, 5.74) is 2.45. The van der Waals surface area contributed by atoms with Crippen molar-refractivity contribution in [2.75, 3.05) is 19.4 Å². The Labute approximate surface area is 167 Å². The van der Waals surface area contributed by atoms with Gasteiger partial charge in [-0.15, -0.1) is 0 Å². The maximum absolute atomic E-state index is 12.9. The lowest BCUT2D eigenvalue weighted by Gasteiger charge is -2.25. The van der Waals surface area contributed by atoms with E-state index in [4.69, 9.17) is 9.15 Å². The molecule has 28 heavy (non-hydrogen) atoms. The van der Waals surface area contributed by atoms with Crippen LogP contribution >= 0.6 is 11.8 Å². The van der Waals surface area contributed by atoms with Gasteiger partial charge in [0.1, 0.15) is 5.52 Å². The Morgan fingerprint density at radius 2 is 1.86 bits per heavy atom. The molecule has 1 aromatic heterocycles. The molecule has 0 saturated carbocycles. The number of nitrogens with zero attached hydrogens (tertiary/aromatic N) is 2. The number of methoxy groups -OCH3 is 1. The summed E-state index contributed by atoms with van der Waals surface area (Å²) in [4.78, 5) is 30.7. The zero-order valence-corrected chi connectivity index (χ0v) is 16.6. The Balaban J connectivity index is 1.68. The van der Waals surface area contributed by atoms with Gasteiger partial charge in [-0.2, -0.15) is 0 Å². The van der Waals surface area contributed by atoms with Gasteiger partial charge in [0.05, 0.1) is 18.8 Å². The highest BCUT2D eigenvalue weighted by atomic mass is 32.2. The van der Waals surface area contributed by atoms with Crippen LogP contribution in [0, 0.1) is 5.92 Å². The van der Waals surface area contributed by atoms with E-state index in [1.807, 2.05) is 54.6 Å². The number of hydrogen-bond acceptors (Lipinski definition) is 6. The van der Waals surface area contributed by atoms with E-state index in [1.54, 1.807) is 11.8 Å². The SMILES string of the molecule is COC(=O)C(C)CN(Cc1ccccc1)C(=O)CSc1nc2ccccc2o1. The zero-order valence-electron chi connectivity index (χ0n) is 15.8. The lowest BCUT2D eigenvalue weighted by atomic mass is 10.1. The third-order valence-corrected chi connectivity index (χ3v) is 5.07. The highest BCUT2D eigenvalue weighted by Gasteiger charge is 2.22. The highest BCUT2D eigenvalue weighted by Crippen LogP contribution is 2.23. The van der Waals surface area contributed by atoms with Crippen molar-refractivity contribution in [2.45, 2.75) is 18.7 Å². The van der Waals surface area contributed by atoms with Crippen molar-refractivity contribution in [1.82, 2.24) is 9.88 Å². The molecule has 3 aromatic rings. The van der Waals surface area contributed by atoms with E-state index in [0.717, 1.165) is 11.1 Å². The smallest absolute Gasteiger partial charge is 0.310 e. The third kappa shape index (κ3) is 5.13. The fourth-order valence-electron chi connectivity index (χ4n) is 2.79. The van der Waals surface area contributed by atoms with Crippen molar-refractivity contribution >= 4 is 34.7 Å². The molecule has 3 rings (SSSR count). The minimum absolute atomic E-state index is 0.0909. The van der Waals surface area contributed by atoms with Crippen LogP contribution in [-0.2, 0) is 20.9 Å². The molecular formula is C21H22N2O4S. The monoisotopic (exact) mass is 398 g/mol. The van der Waals surface area contributed by atoms with Crippen LogP contribution in [0.2, 0.25) is 0 Å². The number of esters is 1. The molecule has 1 unspecified atom stereocenters. The number of hydrogen-bond donors (Lipinski definition) is 0. The summed E-state index contributed by atoms with van der Waals surface area (Å²) in [6.45, 7) is 2.47. The molecule has 0 fully saturated rings. The Morgan fingerprint density at radius 1 is 1.14 bits per heavy atom. The van der Waals surface area contributed by atoms with Gasteiger partial charge in [0.2, 0.25) is 5.91 Å². The lowest BCUT2D eigenvalue weighted by Crippen LogP contribution is -2.37. The van der Waals surface area contributed by atoms with Crippen LogP contribution < -0.4 is 0 Å². The average molecular weight is 398 g/mol. The largest absolute Gasteiger partial charge is 0.469 e. The van der Waals surface area contributed by atoms with Crippen molar-refractivity contribution in [1.29, 1.82) is 0 Å². The highest BCUT2D eigenvalue weighted by molar-refractivity contribution is 7.99. The second kappa shape index (κ2) is 9.41. The fourth-order valence-corrected chi connectivity index (χ4v) is 3.53. The molecule has 1 amide bonds. The van der Waals surface area contributed by atoms with Crippen molar-refractivity contribution in [3.63, 3.8) is 0 Å². The standard InChI is InChI=1S/C21H22N2O4S/c1-15(20(25)26-2)12-23(13-16-8-4-3-5-9-16)19(24)14-28-21-22-17-10-6-7-11-18(17)27-21/h3-11,15H,12-14H2,1-2H3. The lowest BCUT2D eigenvalue weighted by molar-refractivity contribution is -0.146. The summed E-state index contributed by atoms with van der Waals surface area (Å²) in [6.07, 6.45) is 0. The Kier molecular flexibility index (Phi) is 6.71. The van der Waals surface area contributed by atoms with Gasteiger partial charge in [0.15, 0.2) is 5.58 Å². The van der Waals surface area contributed by atoms with E-state index in [-0.39, 0.29) is 24.2 Å². The predicted octanol–water partition coefficient (Wildman–Crippen LogP) is 3.76. The molecule has 0 aliphatic heterocycles. The number of rotatable bonds is 8. The number of carbonyl (C=O) groups is 2. The van der Waals surface area contributed by atoms with Crippen molar-refractivity contribution < 1.29 is 18.7 Å². The maximum Gasteiger partial charge on any atom is 0.310 e. The second-order valence-electron chi connectivity index (χ2n) is 6.42.